The number of esters is 1. The molecule has 1 aliphatic rings. The van der Waals surface area contributed by atoms with Crippen LogP contribution in [0, 0.1) is 5.41 Å². The predicted octanol–water partition coefficient (Wildman–Crippen LogP) is 3.30. The Balaban J connectivity index is 2.18. The average Bonchev–Trinajstić information content (AvgIpc) is 2.18. The standard InChI is InChI=1S/C12H22O2/c1-12(8-4-3-5-9-12)10-6-7-11(13)14-2/h3-10H2,1-2H3. The predicted molar refractivity (Wildman–Crippen MR) is 57.1 cm³/mol. The molecule has 0 spiro atoms. The second-order valence-corrected chi connectivity index (χ2v) is 4.80. The monoisotopic (exact) mass is 198 g/mol. The lowest BCUT2D eigenvalue weighted by molar-refractivity contribution is -0.140. The molecule has 0 atom stereocenters. The lowest BCUT2D eigenvalue weighted by Gasteiger charge is -2.33. The molecule has 0 bridgehead atoms. The number of carbonyl (C=O) groups is 1. The molecule has 0 saturated heterocycles. The highest BCUT2D eigenvalue weighted by Crippen LogP contribution is 2.39. The van der Waals surface area contributed by atoms with E-state index < -0.39 is 0 Å². The van der Waals surface area contributed by atoms with Gasteiger partial charge in [-0.3, -0.25) is 4.79 Å². The normalized spacial score (nSPS) is 20.4. The van der Waals surface area contributed by atoms with Crippen LogP contribution < -0.4 is 0 Å². The second kappa shape index (κ2) is 5.38. The summed E-state index contributed by atoms with van der Waals surface area (Å²) in [6.45, 7) is 2.36. The van der Waals surface area contributed by atoms with Crippen LogP contribution in [0.4, 0.5) is 0 Å². The summed E-state index contributed by atoms with van der Waals surface area (Å²) in [4.78, 5) is 10.9. The second-order valence-electron chi connectivity index (χ2n) is 4.80. The van der Waals surface area contributed by atoms with Crippen LogP contribution in [0.1, 0.15) is 58.3 Å². The summed E-state index contributed by atoms with van der Waals surface area (Å²) in [5.41, 5.74) is 0.506. The number of hydrogen-bond donors (Lipinski definition) is 0. The summed E-state index contributed by atoms with van der Waals surface area (Å²) in [7, 11) is 1.46. The Morgan fingerprint density at radius 3 is 2.50 bits per heavy atom. The minimum Gasteiger partial charge on any atom is -0.469 e. The van der Waals surface area contributed by atoms with Crippen molar-refractivity contribution >= 4 is 5.97 Å². The number of ether oxygens (including phenoxy) is 1. The van der Waals surface area contributed by atoms with E-state index in [-0.39, 0.29) is 5.97 Å². The molecule has 0 aliphatic heterocycles. The Morgan fingerprint density at radius 1 is 1.29 bits per heavy atom. The molecule has 1 fully saturated rings. The molecule has 1 rings (SSSR count). The molecule has 0 amide bonds. The molecule has 0 aromatic heterocycles. The van der Waals surface area contributed by atoms with Crippen molar-refractivity contribution in [2.45, 2.75) is 58.3 Å². The van der Waals surface area contributed by atoms with Gasteiger partial charge in [0.1, 0.15) is 0 Å². The number of carbonyl (C=O) groups excluding carboxylic acids is 1. The first-order valence-corrected chi connectivity index (χ1v) is 5.73. The molecule has 0 heterocycles. The maximum absolute atomic E-state index is 10.9. The molecular weight excluding hydrogens is 176 g/mol. The van der Waals surface area contributed by atoms with Crippen LogP contribution in [0.25, 0.3) is 0 Å². The Labute approximate surface area is 87.0 Å². The smallest absolute Gasteiger partial charge is 0.305 e. The molecule has 0 radical (unpaired) electrons. The van der Waals surface area contributed by atoms with Crippen LogP contribution in [-0.2, 0) is 9.53 Å². The first-order chi connectivity index (χ1) is 6.66. The number of hydrogen-bond acceptors (Lipinski definition) is 2. The van der Waals surface area contributed by atoms with Crippen LogP contribution in [0.2, 0.25) is 0 Å². The van der Waals surface area contributed by atoms with Crippen LogP contribution >= 0.6 is 0 Å². The van der Waals surface area contributed by atoms with Gasteiger partial charge < -0.3 is 4.74 Å². The first kappa shape index (κ1) is 11.5. The van der Waals surface area contributed by atoms with Gasteiger partial charge in [0.15, 0.2) is 0 Å². The molecule has 0 aromatic rings. The number of rotatable bonds is 4. The van der Waals surface area contributed by atoms with Gasteiger partial charge in [0.05, 0.1) is 7.11 Å². The highest BCUT2D eigenvalue weighted by Gasteiger charge is 2.26. The van der Waals surface area contributed by atoms with E-state index in [1.54, 1.807) is 0 Å². The van der Waals surface area contributed by atoms with Gasteiger partial charge in [0.25, 0.3) is 0 Å². The molecule has 0 N–H and O–H groups in total. The molecule has 2 heteroatoms. The van der Waals surface area contributed by atoms with Gasteiger partial charge in [0, 0.05) is 6.42 Å². The molecule has 1 aliphatic carbocycles. The molecule has 0 aromatic carbocycles. The third-order valence-electron chi connectivity index (χ3n) is 3.45. The lowest BCUT2D eigenvalue weighted by atomic mass is 9.72. The fourth-order valence-corrected chi connectivity index (χ4v) is 2.42. The van der Waals surface area contributed by atoms with E-state index in [1.165, 1.54) is 45.6 Å². The summed E-state index contributed by atoms with van der Waals surface area (Å²) in [5.74, 6) is -0.0654. The van der Waals surface area contributed by atoms with Gasteiger partial charge in [-0.15, -0.1) is 0 Å². The minimum atomic E-state index is -0.0654. The van der Waals surface area contributed by atoms with Gasteiger partial charge in [-0.05, 0) is 31.1 Å². The molecule has 0 unspecified atom stereocenters. The highest BCUT2D eigenvalue weighted by molar-refractivity contribution is 5.68. The van der Waals surface area contributed by atoms with Gasteiger partial charge >= 0.3 is 5.97 Å². The fourth-order valence-electron chi connectivity index (χ4n) is 2.42. The van der Waals surface area contributed by atoms with Crippen molar-refractivity contribution in [1.82, 2.24) is 0 Å². The van der Waals surface area contributed by atoms with Gasteiger partial charge in [0.2, 0.25) is 0 Å². The van der Waals surface area contributed by atoms with Crippen molar-refractivity contribution in [2.24, 2.45) is 5.41 Å². The number of methoxy groups -OCH3 is 1. The van der Waals surface area contributed by atoms with Crippen molar-refractivity contribution in [3.8, 4) is 0 Å². The van der Waals surface area contributed by atoms with Gasteiger partial charge in [-0.25, -0.2) is 0 Å². The van der Waals surface area contributed by atoms with Crippen LogP contribution in [0.15, 0.2) is 0 Å². The van der Waals surface area contributed by atoms with E-state index in [2.05, 4.69) is 11.7 Å². The largest absolute Gasteiger partial charge is 0.469 e. The Morgan fingerprint density at radius 2 is 1.93 bits per heavy atom. The van der Waals surface area contributed by atoms with Crippen LogP contribution in [-0.4, -0.2) is 13.1 Å². The van der Waals surface area contributed by atoms with Crippen molar-refractivity contribution in [3.05, 3.63) is 0 Å². The van der Waals surface area contributed by atoms with Crippen molar-refractivity contribution in [2.75, 3.05) is 7.11 Å². The van der Waals surface area contributed by atoms with E-state index in [4.69, 9.17) is 0 Å². The molecular formula is C12H22O2. The average molecular weight is 198 g/mol. The summed E-state index contributed by atoms with van der Waals surface area (Å²) in [5, 5.41) is 0. The van der Waals surface area contributed by atoms with E-state index in [0.29, 0.717) is 11.8 Å². The molecule has 2 nitrogen and oxygen atoms in total. The maximum Gasteiger partial charge on any atom is 0.305 e. The summed E-state index contributed by atoms with van der Waals surface area (Å²) in [6.07, 6.45) is 9.58. The van der Waals surface area contributed by atoms with Crippen molar-refractivity contribution in [1.29, 1.82) is 0 Å². The zero-order chi connectivity index (χ0) is 10.4. The molecule has 82 valence electrons. The zero-order valence-corrected chi connectivity index (χ0v) is 9.47. The topological polar surface area (TPSA) is 26.3 Å². The zero-order valence-electron chi connectivity index (χ0n) is 9.47. The van der Waals surface area contributed by atoms with E-state index >= 15 is 0 Å². The maximum atomic E-state index is 10.9. The summed E-state index contributed by atoms with van der Waals surface area (Å²) in [6, 6.07) is 0. The molecule has 14 heavy (non-hydrogen) atoms. The van der Waals surface area contributed by atoms with Crippen molar-refractivity contribution < 1.29 is 9.53 Å². The van der Waals surface area contributed by atoms with E-state index in [1.807, 2.05) is 0 Å². The minimum absolute atomic E-state index is 0.0654. The van der Waals surface area contributed by atoms with Gasteiger partial charge in [-0.2, -0.15) is 0 Å². The summed E-state index contributed by atoms with van der Waals surface area (Å²) >= 11 is 0. The highest BCUT2D eigenvalue weighted by atomic mass is 16.5. The third kappa shape index (κ3) is 3.69. The van der Waals surface area contributed by atoms with E-state index in [0.717, 1.165) is 6.42 Å². The first-order valence-electron chi connectivity index (χ1n) is 5.73. The quantitative estimate of drug-likeness (QED) is 0.648. The Kier molecular flexibility index (Phi) is 4.43. The Hall–Kier alpha value is -0.530. The Bertz CT molecular complexity index is 181. The van der Waals surface area contributed by atoms with Gasteiger partial charge in [-0.1, -0.05) is 26.2 Å². The van der Waals surface area contributed by atoms with Crippen LogP contribution in [0.5, 0.6) is 0 Å². The third-order valence-corrected chi connectivity index (χ3v) is 3.45. The fraction of sp³-hybridized carbons (Fsp3) is 0.917. The van der Waals surface area contributed by atoms with Crippen molar-refractivity contribution in [3.63, 3.8) is 0 Å². The van der Waals surface area contributed by atoms with Crippen LogP contribution in [0.3, 0.4) is 0 Å². The summed E-state index contributed by atoms with van der Waals surface area (Å²) < 4.78 is 4.63. The SMILES string of the molecule is COC(=O)CCCC1(C)CCCCC1. The van der Waals surface area contributed by atoms with E-state index in [9.17, 15) is 4.79 Å². The lowest BCUT2D eigenvalue weighted by Crippen LogP contribution is -2.20. The molecule has 1 saturated carbocycles.